The van der Waals surface area contributed by atoms with Gasteiger partial charge in [0, 0.05) is 34.8 Å². The first-order valence-corrected chi connectivity index (χ1v) is 13.6. The number of carbonyl (C=O) groups is 2. The molecule has 2 amide bonds. The first-order chi connectivity index (χ1) is 17.9. The number of halogens is 3. The van der Waals surface area contributed by atoms with E-state index in [1.54, 1.807) is 18.2 Å². The fourth-order valence-corrected chi connectivity index (χ4v) is 6.84. The van der Waals surface area contributed by atoms with E-state index in [1.807, 2.05) is 26.8 Å². The van der Waals surface area contributed by atoms with E-state index >= 15 is 0 Å². The van der Waals surface area contributed by atoms with Crippen molar-refractivity contribution >= 4 is 29.1 Å². The van der Waals surface area contributed by atoms with Crippen LogP contribution in [0.4, 0.5) is 14.5 Å². The molecule has 0 unspecified atom stereocenters. The highest BCUT2D eigenvalue weighted by Crippen LogP contribution is 2.56. The number of hydrogen-bond acceptors (Lipinski definition) is 4. The Morgan fingerprint density at radius 2 is 1.82 bits per heavy atom. The van der Waals surface area contributed by atoms with Gasteiger partial charge >= 0.3 is 0 Å². The molecule has 2 fully saturated rings. The molecule has 1 spiro atoms. The molecule has 2 aromatic carbocycles. The molecule has 1 aliphatic carbocycles. The average molecular weight is 546 g/mol. The average Bonchev–Trinajstić information content (AvgIpc) is 3.30. The van der Waals surface area contributed by atoms with Crippen molar-refractivity contribution in [2.24, 2.45) is 5.41 Å². The van der Waals surface area contributed by atoms with Crippen molar-refractivity contribution in [2.75, 3.05) is 5.32 Å². The predicted octanol–water partition coefficient (Wildman–Crippen LogP) is 4.79. The molecular weight excluding hydrogens is 512 g/mol. The summed E-state index contributed by atoms with van der Waals surface area (Å²) in [6.07, 6.45) is 2.67. The van der Waals surface area contributed by atoms with Crippen LogP contribution in [-0.2, 0) is 15.0 Å². The lowest BCUT2D eigenvalue weighted by molar-refractivity contribution is -0.124. The zero-order chi connectivity index (χ0) is 27.4. The van der Waals surface area contributed by atoms with Crippen molar-refractivity contribution in [3.05, 3.63) is 64.2 Å². The Morgan fingerprint density at radius 3 is 2.47 bits per heavy atom. The van der Waals surface area contributed by atoms with Gasteiger partial charge in [0.25, 0.3) is 0 Å². The number of nitrogens with one attached hydrogen (secondary N) is 3. The van der Waals surface area contributed by atoms with E-state index in [0.717, 1.165) is 12.1 Å². The molecule has 0 radical (unpaired) electrons. The summed E-state index contributed by atoms with van der Waals surface area (Å²) < 4.78 is 29.0. The lowest BCUT2D eigenvalue weighted by Crippen LogP contribution is -2.49. The van der Waals surface area contributed by atoms with Crippen LogP contribution >= 0.6 is 11.6 Å². The second kappa shape index (κ2) is 9.88. The first-order valence-electron chi connectivity index (χ1n) is 13.2. The van der Waals surface area contributed by atoms with Crippen molar-refractivity contribution < 1.29 is 23.5 Å². The Hall–Kier alpha value is -2.55. The Labute approximate surface area is 226 Å². The Bertz CT molecular complexity index is 1260. The zero-order valence-electron chi connectivity index (χ0n) is 21.8. The molecule has 2 aromatic rings. The third-order valence-electron chi connectivity index (χ3n) is 8.23. The minimum absolute atomic E-state index is 0.0958. The zero-order valence-corrected chi connectivity index (χ0v) is 22.5. The summed E-state index contributed by atoms with van der Waals surface area (Å²) in [4.78, 5) is 28.0. The van der Waals surface area contributed by atoms with Crippen LogP contribution < -0.4 is 16.0 Å². The van der Waals surface area contributed by atoms with E-state index in [9.17, 15) is 23.5 Å². The van der Waals surface area contributed by atoms with Crippen molar-refractivity contribution in [1.82, 2.24) is 10.6 Å². The van der Waals surface area contributed by atoms with Crippen LogP contribution in [0.15, 0.2) is 36.4 Å². The molecule has 0 bridgehead atoms. The third kappa shape index (κ3) is 4.71. The van der Waals surface area contributed by atoms with E-state index in [2.05, 4.69) is 16.0 Å². The van der Waals surface area contributed by atoms with Gasteiger partial charge in [0.05, 0.1) is 12.1 Å². The predicted molar refractivity (Wildman–Crippen MR) is 142 cm³/mol. The molecule has 5 rings (SSSR count). The highest BCUT2D eigenvalue weighted by molar-refractivity contribution is 6.30. The lowest BCUT2D eigenvalue weighted by Gasteiger charge is -2.37. The maximum Gasteiger partial charge on any atom is 0.238 e. The number of hydrogen-bond donors (Lipinski definition) is 4. The van der Waals surface area contributed by atoms with Gasteiger partial charge in [0.1, 0.15) is 5.41 Å². The fourth-order valence-electron chi connectivity index (χ4n) is 6.65. The molecule has 1 saturated heterocycles. The number of carbonyl (C=O) groups excluding carboxylic acids is 2. The van der Waals surface area contributed by atoms with Crippen LogP contribution in [-0.4, -0.2) is 41.2 Å². The Balaban J connectivity index is 1.66. The van der Waals surface area contributed by atoms with E-state index in [4.69, 9.17) is 11.6 Å². The molecule has 2 heterocycles. The SMILES string of the molecule is CC(C)(C)C[C@H]1N[C@@H](C(=O)N[C@H]2CC[C@H](O)CC2)[C@H](c2cccc(Cl)c2)[C@@]12C(=O)Nc1cc(F)c(F)cc12. The number of rotatable bonds is 4. The first kappa shape index (κ1) is 27.0. The van der Waals surface area contributed by atoms with Crippen molar-refractivity contribution in [3.8, 4) is 0 Å². The lowest BCUT2D eigenvalue weighted by atomic mass is 9.62. The largest absolute Gasteiger partial charge is 0.393 e. The highest BCUT2D eigenvalue weighted by atomic mass is 35.5. The van der Waals surface area contributed by atoms with E-state index in [1.165, 1.54) is 0 Å². The van der Waals surface area contributed by atoms with Crippen LogP contribution in [0, 0.1) is 17.0 Å². The van der Waals surface area contributed by atoms with E-state index in [0.29, 0.717) is 48.3 Å². The smallest absolute Gasteiger partial charge is 0.238 e. The second-order valence-corrected chi connectivity index (χ2v) is 12.6. The van der Waals surface area contributed by atoms with Gasteiger partial charge in [0.2, 0.25) is 11.8 Å². The van der Waals surface area contributed by atoms with Crippen molar-refractivity contribution in [1.29, 1.82) is 0 Å². The molecule has 204 valence electrons. The van der Waals surface area contributed by atoms with Crippen molar-refractivity contribution in [2.45, 2.75) is 88.4 Å². The van der Waals surface area contributed by atoms with Gasteiger partial charge in [0.15, 0.2) is 11.6 Å². The number of aliphatic hydroxyl groups excluding tert-OH is 1. The van der Waals surface area contributed by atoms with Gasteiger partial charge in [-0.05, 0) is 66.8 Å². The number of fused-ring (bicyclic) bond motifs is 2. The maximum absolute atomic E-state index is 14.7. The van der Waals surface area contributed by atoms with Crippen molar-refractivity contribution in [3.63, 3.8) is 0 Å². The number of aliphatic hydroxyl groups is 1. The summed E-state index contributed by atoms with van der Waals surface area (Å²) in [6.45, 7) is 6.11. The normalized spacial score (nSPS) is 30.8. The minimum atomic E-state index is -1.38. The summed E-state index contributed by atoms with van der Waals surface area (Å²) in [5, 5.41) is 19.7. The molecule has 3 aliphatic rings. The second-order valence-electron chi connectivity index (χ2n) is 12.1. The van der Waals surface area contributed by atoms with Gasteiger partial charge < -0.3 is 21.1 Å². The molecule has 4 atom stereocenters. The summed E-state index contributed by atoms with van der Waals surface area (Å²) >= 11 is 6.39. The van der Waals surface area contributed by atoms with Gasteiger partial charge in [-0.3, -0.25) is 9.59 Å². The molecular formula is C29H34ClF2N3O3. The molecule has 1 saturated carbocycles. The van der Waals surface area contributed by atoms with Crippen LogP contribution in [0.1, 0.15) is 69.9 Å². The van der Waals surface area contributed by atoms with Crippen LogP contribution in [0.25, 0.3) is 0 Å². The highest BCUT2D eigenvalue weighted by Gasteiger charge is 2.66. The topological polar surface area (TPSA) is 90.5 Å². The molecule has 9 heteroatoms. The standard InChI is InChI=1S/C29H34ClF2N3O3/c1-28(2,3)14-23-29(19-12-20(31)21(32)13-22(19)34-27(29)38)24(15-5-4-6-16(30)11-15)25(35-23)26(37)33-17-7-9-18(36)10-8-17/h4-6,11-13,17-18,23-25,35-36H,7-10,14H2,1-3H3,(H,33,37)(H,34,38)/t17-,18-,23-,24+,25-,29+/m1/s1. The van der Waals surface area contributed by atoms with Gasteiger partial charge in [-0.2, -0.15) is 0 Å². The number of benzene rings is 2. The van der Waals surface area contributed by atoms with Gasteiger partial charge in [-0.15, -0.1) is 0 Å². The summed E-state index contributed by atoms with van der Waals surface area (Å²) in [5.74, 6) is -3.51. The maximum atomic E-state index is 14.7. The summed E-state index contributed by atoms with van der Waals surface area (Å²) in [7, 11) is 0. The van der Waals surface area contributed by atoms with E-state index in [-0.39, 0.29) is 29.2 Å². The molecule has 2 aliphatic heterocycles. The minimum Gasteiger partial charge on any atom is -0.393 e. The Kier molecular flexibility index (Phi) is 7.03. The molecule has 4 N–H and O–H groups in total. The van der Waals surface area contributed by atoms with Crippen LogP contribution in [0.3, 0.4) is 0 Å². The fraction of sp³-hybridized carbons (Fsp3) is 0.517. The Morgan fingerprint density at radius 1 is 1.13 bits per heavy atom. The van der Waals surface area contributed by atoms with E-state index < -0.39 is 41.0 Å². The summed E-state index contributed by atoms with van der Waals surface area (Å²) in [6, 6.07) is 7.66. The van der Waals surface area contributed by atoms with Crippen LogP contribution in [0.2, 0.25) is 5.02 Å². The number of anilines is 1. The number of amides is 2. The molecule has 0 aromatic heterocycles. The monoisotopic (exact) mass is 545 g/mol. The third-order valence-corrected chi connectivity index (χ3v) is 8.47. The summed E-state index contributed by atoms with van der Waals surface area (Å²) in [5.41, 5.74) is -0.427. The van der Waals surface area contributed by atoms with Crippen LogP contribution in [0.5, 0.6) is 0 Å². The quantitative estimate of drug-likeness (QED) is 0.445. The van der Waals surface area contributed by atoms with Gasteiger partial charge in [-0.1, -0.05) is 44.5 Å². The molecule has 38 heavy (non-hydrogen) atoms. The molecule has 6 nitrogen and oxygen atoms in total. The van der Waals surface area contributed by atoms with Gasteiger partial charge in [-0.25, -0.2) is 8.78 Å².